The lowest BCUT2D eigenvalue weighted by molar-refractivity contribution is -0.111. The van der Waals surface area contributed by atoms with Crippen LogP contribution >= 0.6 is 20.6 Å². The van der Waals surface area contributed by atoms with Crippen molar-refractivity contribution in [2.24, 2.45) is 0 Å². The molecule has 0 bridgehead atoms. The Kier molecular flexibility index (Phi) is 2.87. The molecule has 3 N–H and O–H groups in total. The van der Waals surface area contributed by atoms with Crippen LogP contribution < -0.4 is 0 Å². The van der Waals surface area contributed by atoms with E-state index in [1.54, 1.807) is 0 Å². The zero-order chi connectivity index (χ0) is 6.78. The lowest BCUT2D eigenvalue weighted by Crippen LogP contribution is -2.05. The highest BCUT2D eigenvalue weighted by molar-refractivity contribution is 7.85. The predicted octanol–water partition coefficient (Wildman–Crippen LogP) is -0.818. The number of rotatable bonds is 2. The summed E-state index contributed by atoms with van der Waals surface area (Å²) in [6, 6.07) is 0. The van der Waals surface area contributed by atoms with Crippen molar-refractivity contribution in [1.29, 1.82) is 0 Å². The largest absolute Gasteiger partial charge is 0.479 e. The fourth-order valence-corrected chi connectivity index (χ4v) is 0.854. The molecule has 0 saturated carbocycles. The van der Waals surface area contributed by atoms with Crippen molar-refractivity contribution >= 4 is 26.1 Å². The summed E-state index contributed by atoms with van der Waals surface area (Å²) in [6.45, 7) is 0. The molecule has 0 aliphatic heterocycles. The van der Waals surface area contributed by atoms with Gasteiger partial charge in [-0.05, 0) is 0 Å². The molecule has 0 aromatic carbocycles. The fourth-order valence-electron chi connectivity index (χ4n) is 0.0949. The van der Waals surface area contributed by atoms with E-state index in [4.69, 9.17) is 14.7 Å². The van der Waals surface area contributed by atoms with Gasteiger partial charge in [-0.3, -0.25) is 0 Å². The third-order valence-electron chi connectivity index (χ3n) is 0.470. The van der Waals surface area contributed by atoms with Crippen LogP contribution in [0.5, 0.6) is 0 Å². The second-order valence-electron chi connectivity index (χ2n) is 1.12. The van der Waals surface area contributed by atoms with Gasteiger partial charge in [-0.15, -0.1) is 0 Å². The Labute approximate surface area is 52.1 Å². The van der Waals surface area contributed by atoms with Crippen LogP contribution in [0.3, 0.4) is 0 Å². The van der Waals surface area contributed by atoms with Crippen LogP contribution in [-0.4, -0.2) is 26.0 Å². The van der Waals surface area contributed by atoms with Crippen LogP contribution in [0.4, 0.5) is 0 Å². The fraction of sp³-hybridized carbons (Fsp3) is 0.500. The summed E-state index contributed by atoms with van der Waals surface area (Å²) in [7, 11) is -4.22. The van der Waals surface area contributed by atoms with Gasteiger partial charge in [0.05, 0.1) is 5.75 Å². The smallest absolute Gasteiger partial charge is 0.243 e. The van der Waals surface area contributed by atoms with E-state index in [0.29, 0.717) is 0 Å². The van der Waals surface area contributed by atoms with Crippen molar-refractivity contribution in [1.82, 2.24) is 0 Å². The monoisotopic (exact) mass is 157 g/mol. The number of thiol groups is 1. The van der Waals surface area contributed by atoms with E-state index in [1.807, 2.05) is 0 Å². The maximum atomic E-state index is 10.1. The summed E-state index contributed by atoms with van der Waals surface area (Å²) in [4.78, 5) is 34.4. The molecule has 8 heavy (non-hydrogen) atoms. The second-order valence-corrected chi connectivity index (χ2v) is 3.07. The summed E-state index contributed by atoms with van der Waals surface area (Å²) in [5.74, 6) is -0.350. The first-order chi connectivity index (χ1) is 3.48. The maximum absolute atomic E-state index is 10.1. The Morgan fingerprint density at radius 2 is 1.88 bits per heavy atom. The van der Waals surface area contributed by atoms with E-state index in [2.05, 4.69) is 12.6 Å². The van der Waals surface area contributed by atoms with E-state index in [1.165, 1.54) is 0 Å². The Balaban J connectivity index is 3.82. The van der Waals surface area contributed by atoms with Gasteiger partial charge in [-0.1, -0.05) is 0 Å². The van der Waals surface area contributed by atoms with E-state index >= 15 is 0 Å². The second kappa shape index (κ2) is 2.75. The van der Waals surface area contributed by atoms with Crippen molar-refractivity contribution < 1.29 is 19.5 Å². The lowest BCUT2D eigenvalue weighted by Gasteiger charge is -1.95. The van der Waals surface area contributed by atoms with Crippen molar-refractivity contribution in [2.45, 2.75) is 0 Å². The van der Waals surface area contributed by atoms with Gasteiger partial charge in [-0.25, -0.2) is 4.79 Å². The van der Waals surface area contributed by atoms with E-state index in [-0.39, 0.29) is 5.75 Å². The van der Waals surface area contributed by atoms with Crippen LogP contribution in [0.15, 0.2) is 0 Å². The van der Waals surface area contributed by atoms with E-state index in [9.17, 15) is 4.79 Å². The van der Waals surface area contributed by atoms with Crippen LogP contribution in [-0.2, 0) is 4.79 Å². The Morgan fingerprint density at radius 1 is 1.50 bits per heavy atom. The minimum Gasteiger partial charge on any atom is -0.243 e. The third-order valence-corrected chi connectivity index (χ3v) is 1.83. The molecule has 4 nitrogen and oxygen atoms in total. The Bertz CT molecular complexity index is 96.7. The highest BCUT2D eigenvalue weighted by Crippen LogP contribution is 2.45. The summed E-state index contributed by atoms with van der Waals surface area (Å²) in [5, 5.41) is 0. The molecule has 6 heteroatoms. The molecular weight excluding hydrogens is 151 g/mol. The molecule has 0 spiro atoms. The van der Waals surface area contributed by atoms with Gasteiger partial charge in [0.25, 0.3) is 0 Å². The molecule has 0 fully saturated rings. The summed E-state index contributed by atoms with van der Waals surface area (Å²) >= 11 is 3.41. The molecule has 0 rings (SSSR count). The third kappa shape index (κ3) is 2.59. The van der Waals surface area contributed by atoms with Crippen molar-refractivity contribution in [3.05, 3.63) is 0 Å². The first kappa shape index (κ1) is 8.33. The number of carbonyl (C=O) groups excluding carboxylic acids is 1. The highest BCUT2D eigenvalue weighted by atomic mass is 32.1. The van der Waals surface area contributed by atoms with Gasteiger partial charge in [-0.2, -0.15) is 27.3 Å². The first-order valence-electron chi connectivity index (χ1n) is 1.70. The maximum Gasteiger partial charge on any atom is 0.479 e. The number of carbonyl (C=O) groups is 1. The first-order valence-corrected chi connectivity index (χ1v) is 3.98. The van der Waals surface area contributed by atoms with Gasteiger partial charge >= 0.3 is 13.5 Å². The minimum atomic E-state index is -4.22. The molecule has 0 heterocycles. The molecular formula is C2H6O4PS+. The summed E-state index contributed by atoms with van der Waals surface area (Å²) in [6.07, 6.45) is 0. The van der Waals surface area contributed by atoms with Crippen LogP contribution in [0.1, 0.15) is 0 Å². The highest BCUT2D eigenvalue weighted by Gasteiger charge is 2.40. The normalized spacial score (nSPS) is 11.5. The molecule has 0 atom stereocenters. The Morgan fingerprint density at radius 3 is 1.88 bits per heavy atom. The molecule has 0 aliphatic rings. The Hall–Kier alpha value is 0.330. The quantitative estimate of drug-likeness (QED) is 0.312. The molecule has 0 unspecified atom stereocenters. The van der Waals surface area contributed by atoms with E-state index in [0.717, 1.165) is 0 Å². The topological polar surface area (TPSA) is 77.8 Å². The summed E-state index contributed by atoms with van der Waals surface area (Å²) in [5.41, 5.74) is -1.03. The predicted molar refractivity (Wildman–Crippen MR) is 32.4 cm³/mol. The van der Waals surface area contributed by atoms with Gasteiger partial charge in [0.1, 0.15) is 0 Å². The van der Waals surface area contributed by atoms with Crippen LogP contribution in [0.2, 0.25) is 0 Å². The van der Waals surface area contributed by atoms with E-state index < -0.39 is 13.5 Å². The zero-order valence-corrected chi connectivity index (χ0v) is 5.64. The van der Waals surface area contributed by atoms with Gasteiger partial charge < -0.3 is 0 Å². The molecule has 0 aliphatic carbocycles. The van der Waals surface area contributed by atoms with Crippen molar-refractivity contribution in [3.8, 4) is 0 Å². The van der Waals surface area contributed by atoms with Crippen molar-refractivity contribution in [2.75, 3.05) is 5.75 Å². The van der Waals surface area contributed by atoms with Crippen LogP contribution in [0, 0.1) is 0 Å². The minimum absolute atomic E-state index is 0.350. The SMILES string of the molecule is O=C(CS)[P+](O)(O)O. The zero-order valence-electron chi connectivity index (χ0n) is 3.85. The van der Waals surface area contributed by atoms with Crippen molar-refractivity contribution in [3.63, 3.8) is 0 Å². The average Bonchev–Trinajstić information content (AvgIpc) is 1.62. The average molecular weight is 157 g/mol. The number of hydrogen-bond donors (Lipinski definition) is 4. The lowest BCUT2D eigenvalue weighted by atomic mass is 10.9. The van der Waals surface area contributed by atoms with Crippen LogP contribution in [0.25, 0.3) is 0 Å². The molecule has 0 amide bonds. The summed E-state index contributed by atoms with van der Waals surface area (Å²) < 4.78 is 0. The molecule has 0 aromatic heterocycles. The van der Waals surface area contributed by atoms with Gasteiger partial charge in [0.2, 0.25) is 0 Å². The standard InChI is InChI=1S/C2H5O4PS/c3-2(1-8)7(4,5)6/h4-6H,1H2/p+1. The van der Waals surface area contributed by atoms with Gasteiger partial charge in [0, 0.05) is 0 Å². The molecule has 0 saturated heterocycles. The number of hydrogen-bond acceptors (Lipinski definition) is 5. The molecule has 0 aromatic rings. The molecule has 0 radical (unpaired) electrons. The van der Waals surface area contributed by atoms with Gasteiger partial charge in [0.15, 0.2) is 0 Å². The molecule has 48 valence electrons.